The molecule has 0 amide bonds. The van der Waals surface area contributed by atoms with E-state index in [1.807, 2.05) is 0 Å². The monoisotopic (exact) mass is 240 g/mol. The molecule has 0 aliphatic carbocycles. The van der Waals surface area contributed by atoms with Crippen LogP contribution in [0.2, 0.25) is 10.2 Å². The van der Waals surface area contributed by atoms with E-state index < -0.39 is 12.5 Å². The summed E-state index contributed by atoms with van der Waals surface area (Å²) in [5.41, 5.74) is 0. The number of pyridine rings is 1. The first-order valence-corrected chi connectivity index (χ1v) is 4.58. The highest BCUT2D eigenvalue weighted by atomic mass is 35.5. The summed E-state index contributed by atoms with van der Waals surface area (Å²) in [5.74, 6) is -2.64. The Hall–Kier alpha value is -0.610. The number of hydrogen-bond acceptors (Lipinski definition) is 2. The number of nitrogens with one attached hydrogen (secondary N) is 1. The molecule has 1 heterocycles. The van der Waals surface area contributed by atoms with Crippen LogP contribution in [0.3, 0.4) is 0 Å². The summed E-state index contributed by atoms with van der Waals surface area (Å²) in [7, 11) is 0. The van der Waals surface area contributed by atoms with Gasteiger partial charge in [0.25, 0.3) is 5.92 Å². The van der Waals surface area contributed by atoms with Crippen molar-refractivity contribution in [2.24, 2.45) is 0 Å². The zero-order valence-corrected chi connectivity index (χ0v) is 8.83. The molecule has 2 nitrogen and oxygen atoms in total. The maximum atomic E-state index is 12.5. The topological polar surface area (TPSA) is 24.9 Å². The number of nitrogens with zero attached hydrogens (tertiary/aromatic N) is 1. The molecule has 0 radical (unpaired) electrons. The quantitative estimate of drug-likeness (QED) is 0.819. The first kappa shape index (κ1) is 11.5. The number of rotatable bonds is 3. The third kappa shape index (κ3) is 3.64. The fourth-order valence-electron chi connectivity index (χ4n) is 0.781. The predicted molar refractivity (Wildman–Crippen MR) is 53.4 cm³/mol. The van der Waals surface area contributed by atoms with E-state index in [0.29, 0.717) is 0 Å². The lowest BCUT2D eigenvalue weighted by Crippen LogP contribution is -2.23. The second-order valence-electron chi connectivity index (χ2n) is 2.89. The molecule has 14 heavy (non-hydrogen) atoms. The molecular formula is C8H8Cl2F2N2. The van der Waals surface area contributed by atoms with Gasteiger partial charge < -0.3 is 5.32 Å². The molecule has 0 spiro atoms. The normalized spacial score (nSPS) is 11.5. The molecule has 78 valence electrons. The van der Waals surface area contributed by atoms with Crippen molar-refractivity contribution in [1.29, 1.82) is 0 Å². The van der Waals surface area contributed by atoms with Crippen molar-refractivity contribution in [3.8, 4) is 0 Å². The highest BCUT2D eigenvalue weighted by Gasteiger charge is 2.21. The Morgan fingerprint density at radius 2 is 2.07 bits per heavy atom. The van der Waals surface area contributed by atoms with E-state index in [0.717, 1.165) is 6.92 Å². The van der Waals surface area contributed by atoms with Gasteiger partial charge >= 0.3 is 0 Å². The van der Waals surface area contributed by atoms with Gasteiger partial charge in [-0.3, -0.25) is 0 Å². The zero-order chi connectivity index (χ0) is 10.8. The van der Waals surface area contributed by atoms with Gasteiger partial charge in [0.1, 0.15) is 11.0 Å². The van der Waals surface area contributed by atoms with Crippen molar-refractivity contribution in [2.75, 3.05) is 11.9 Å². The summed E-state index contributed by atoms with van der Waals surface area (Å²) in [6.07, 6.45) is 0. The van der Waals surface area contributed by atoms with E-state index in [2.05, 4.69) is 10.3 Å². The fourth-order valence-corrected chi connectivity index (χ4v) is 1.10. The van der Waals surface area contributed by atoms with E-state index in [1.165, 1.54) is 12.1 Å². The molecule has 0 unspecified atom stereocenters. The van der Waals surface area contributed by atoms with Crippen molar-refractivity contribution in [3.63, 3.8) is 0 Å². The smallest absolute Gasteiger partial charge is 0.262 e. The number of halogens is 4. The van der Waals surface area contributed by atoms with E-state index >= 15 is 0 Å². The van der Waals surface area contributed by atoms with Gasteiger partial charge in [0, 0.05) is 6.92 Å². The maximum absolute atomic E-state index is 12.5. The van der Waals surface area contributed by atoms with Gasteiger partial charge in [-0.2, -0.15) is 0 Å². The van der Waals surface area contributed by atoms with Crippen molar-refractivity contribution in [3.05, 3.63) is 22.3 Å². The third-order valence-corrected chi connectivity index (χ3v) is 1.89. The number of anilines is 1. The van der Waals surface area contributed by atoms with E-state index in [9.17, 15) is 8.78 Å². The van der Waals surface area contributed by atoms with Crippen molar-refractivity contribution >= 4 is 29.0 Å². The molecule has 0 saturated carbocycles. The molecule has 1 rings (SSSR count). The predicted octanol–water partition coefficient (Wildman–Crippen LogP) is 3.46. The van der Waals surface area contributed by atoms with Gasteiger partial charge in [-0.05, 0) is 12.1 Å². The van der Waals surface area contributed by atoms with Crippen LogP contribution in [0.4, 0.5) is 14.6 Å². The molecule has 0 saturated heterocycles. The average Bonchev–Trinajstić information content (AvgIpc) is 2.05. The van der Waals surface area contributed by atoms with Crippen LogP contribution < -0.4 is 5.32 Å². The Morgan fingerprint density at radius 1 is 1.43 bits per heavy atom. The van der Waals surface area contributed by atoms with Crippen molar-refractivity contribution < 1.29 is 8.78 Å². The standard InChI is InChI=1S/C8H8Cl2F2N2/c1-8(11,12)4-13-7-5(9)2-3-6(10)14-7/h2-3H,4H2,1H3,(H,13,14). The van der Waals surface area contributed by atoms with Gasteiger partial charge in [0.15, 0.2) is 0 Å². The van der Waals surface area contributed by atoms with Crippen LogP contribution in [0.15, 0.2) is 12.1 Å². The highest BCUT2D eigenvalue weighted by Crippen LogP contribution is 2.22. The molecule has 6 heteroatoms. The van der Waals surface area contributed by atoms with Crippen LogP contribution in [-0.4, -0.2) is 17.5 Å². The Morgan fingerprint density at radius 3 is 2.64 bits per heavy atom. The lowest BCUT2D eigenvalue weighted by molar-refractivity contribution is 0.0367. The zero-order valence-electron chi connectivity index (χ0n) is 7.32. The summed E-state index contributed by atoms with van der Waals surface area (Å²) in [5, 5.41) is 2.88. The number of alkyl halides is 2. The van der Waals surface area contributed by atoms with Crippen molar-refractivity contribution in [2.45, 2.75) is 12.8 Å². The first-order valence-electron chi connectivity index (χ1n) is 3.82. The van der Waals surface area contributed by atoms with Crippen LogP contribution in [0.25, 0.3) is 0 Å². The summed E-state index contributed by atoms with van der Waals surface area (Å²) in [6, 6.07) is 2.98. The molecule has 0 atom stereocenters. The van der Waals surface area contributed by atoms with Crippen LogP contribution in [-0.2, 0) is 0 Å². The van der Waals surface area contributed by atoms with E-state index in [4.69, 9.17) is 23.2 Å². The minimum atomic E-state index is -2.81. The van der Waals surface area contributed by atoms with Gasteiger partial charge in [0.2, 0.25) is 0 Å². The molecule has 1 N–H and O–H groups in total. The van der Waals surface area contributed by atoms with Gasteiger partial charge in [-0.25, -0.2) is 13.8 Å². The molecule has 1 aromatic rings. The average molecular weight is 241 g/mol. The first-order chi connectivity index (χ1) is 6.38. The fraction of sp³-hybridized carbons (Fsp3) is 0.375. The molecule has 1 aromatic heterocycles. The summed E-state index contributed by atoms with van der Waals surface area (Å²) in [4.78, 5) is 3.76. The Balaban J connectivity index is 2.72. The van der Waals surface area contributed by atoms with E-state index in [1.54, 1.807) is 0 Å². The molecule has 0 aliphatic rings. The van der Waals surface area contributed by atoms with Crippen LogP contribution in [0, 0.1) is 0 Å². The van der Waals surface area contributed by atoms with E-state index in [-0.39, 0.29) is 16.0 Å². The second-order valence-corrected chi connectivity index (χ2v) is 3.68. The lowest BCUT2D eigenvalue weighted by atomic mass is 10.4. The van der Waals surface area contributed by atoms with Crippen molar-refractivity contribution in [1.82, 2.24) is 4.98 Å². The lowest BCUT2D eigenvalue weighted by Gasteiger charge is -2.12. The summed E-state index contributed by atoms with van der Waals surface area (Å²) >= 11 is 11.3. The Bertz CT molecular complexity index is 326. The molecule has 0 aromatic carbocycles. The minimum absolute atomic E-state index is 0.167. The number of aromatic nitrogens is 1. The Labute approximate surface area is 90.2 Å². The summed E-state index contributed by atoms with van der Waals surface area (Å²) in [6.45, 7) is 0.276. The number of hydrogen-bond donors (Lipinski definition) is 1. The molecular weight excluding hydrogens is 233 g/mol. The SMILES string of the molecule is CC(F)(F)CNc1nc(Cl)ccc1Cl. The van der Waals surface area contributed by atoms with Crippen LogP contribution in [0.1, 0.15) is 6.92 Å². The highest BCUT2D eigenvalue weighted by molar-refractivity contribution is 6.34. The van der Waals surface area contributed by atoms with Gasteiger partial charge in [-0.15, -0.1) is 0 Å². The maximum Gasteiger partial charge on any atom is 0.262 e. The Kier molecular flexibility index (Phi) is 3.50. The second kappa shape index (κ2) is 4.28. The largest absolute Gasteiger partial charge is 0.363 e. The van der Waals surface area contributed by atoms with Gasteiger partial charge in [-0.1, -0.05) is 23.2 Å². The molecule has 0 fully saturated rings. The van der Waals surface area contributed by atoms with Crippen LogP contribution >= 0.6 is 23.2 Å². The minimum Gasteiger partial charge on any atom is -0.363 e. The van der Waals surface area contributed by atoms with Crippen LogP contribution in [0.5, 0.6) is 0 Å². The third-order valence-electron chi connectivity index (χ3n) is 1.38. The molecule has 0 bridgehead atoms. The molecule has 0 aliphatic heterocycles. The summed E-state index contributed by atoms with van der Waals surface area (Å²) < 4.78 is 24.9. The van der Waals surface area contributed by atoms with Gasteiger partial charge in [0.05, 0.1) is 11.6 Å².